The highest BCUT2D eigenvalue weighted by atomic mass is 79.9. The Morgan fingerprint density at radius 3 is 2.44 bits per heavy atom. The molecule has 1 aliphatic rings. The molecule has 10 heteroatoms. The second kappa shape index (κ2) is 13.9. The number of nitrogens with zero attached hydrogens (tertiary/aromatic N) is 2. The lowest BCUT2D eigenvalue weighted by Gasteiger charge is -2.35. The first kappa shape index (κ1) is 31.2. The Hall–Kier alpha value is -2.30. The molecular weight excluding hydrogens is 580 g/mol. The average molecular weight is 622 g/mol. The fraction of sp³-hybridized carbons (Fsp3) is 0.586. The standard InChI is InChI=1S/C29H41BrN4O4S/c1-18(20-10-12-21(13-11-20)25-19(2)31-17-39-25)32-27(37)23-15-22(35)16-34(23)28(38)26(29(3,4)5)33-24(36)9-7-6-8-14-30/h10-13,17-18,22-23,26,35H,6-9,14-16H2,1-5H3,(H,32,37)(H,33,36)/t18-,22+,23-,26-/m0/s1. The number of hydrogen-bond donors (Lipinski definition) is 3. The molecule has 1 aromatic heterocycles. The number of unbranched alkanes of at least 4 members (excludes halogenated alkanes) is 2. The molecule has 1 saturated heterocycles. The van der Waals surface area contributed by atoms with Gasteiger partial charge in [0.15, 0.2) is 0 Å². The molecule has 8 nitrogen and oxygen atoms in total. The third-order valence-corrected chi connectivity index (χ3v) is 8.64. The van der Waals surface area contributed by atoms with Crippen LogP contribution in [-0.4, -0.2) is 62.8 Å². The second-order valence-corrected chi connectivity index (χ2v) is 13.0. The van der Waals surface area contributed by atoms with Gasteiger partial charge in [-0.25, -0.2) is 4.98 Å². The summed E-state index contributed by atoms with van der Waals surface area (Å²) in [6.45, 7) is 9.61. The smallest absolute Gasteiger partial charge is 0.246 e. The molecule has 4 atom stereocenters. The second-order valence-electron chi connectivity index (χ2n) is 11.4. The summed E-state index contributed by atoms with van der Waals surface area (Å²) in [5, 5.41) is 17.3. The average Bonchev–Trinajstić information content (AvgIpc) is 3.49. The number of likely N-dealkylation sites (tertiary alicyclic amines) is 1. The number of thiazole rings is 1. The van der Waals surface area contributed by atoms with Crippen molar-refractivity contribution < 1.29 is 19.5 Å². The van der Waals surface area contributed by atoms with Crippen LogP contribution >= 0.6 is 27.3 Å². The van der Waals surface area contributed by atoms with Crippen molar-refractivity contribution in [1.82, 2.24) is 20.5 Å². The van der Waals surface area contributed by atoms with Crippen molar-refractivity contribution in [3.8, 4) is 10.4 Å². The molecule has 3 N–H and O–H groups in total. The molecule has 3 rings (SSSR count). The number of aryl methyl sites for hydroxylation is 1. The summed E-state index contributed by atoms with van der Waals surface area (Å²) in [5.74, 6) is -0.835. The van der Waals surface area contributed by atoms with Gasteiger partial charge in [-0.3, -0.25) is 14.4 Å². The highest BCUT2D eigenvalue weighted by Crippen LogP contribution is 2.29. The quantitative estimate of drug-likeness (QED) is 0.248. The maximum absolute atomic E-state index is 13.7. The Morgan fingerprint density at radius 1 is 1.15 bits per heavy atom. The van der Waals surface area contributed by atoms with E-state index in [-0.39, 0.29) is 36.7 Å². The van der Waals surface area contributed by atoms with E-state index in [0.717, 1.165) is 46.3 Å². The summed E-state index contributed by atoms with van der Waals surface area (Å²) in [4.78, 5) is 46.6. The van der Waals surface area contributed by atoms with Crippen molar-refractivity contribution in [2.24, 2.45) is 5.41 Å². The summed E-state index contributed by atoms with van der Waals surface area (Å²) in [6.07, 6.45) is 2.37. The zero-order chi connectivity index (χ0) is 28.7. The van der Waals surface area contributed by atoms with E-state index in [1.165, 1.54) is 4.90 Å². The van der Waals surface area contributed by atoms with Gasteiger partial charge >= 0.3 is 0 Å². The lowest BCUT2D eigenvalue weighted by Crippen LogP contribution is -2.57. The van der Waals surface area contributed by atoms with Gasteiger partial charge in [-0.2, -0.15) is 0 Å². The Bertz CT molecular complexity index is 1130. The maximum Gasteiger partial charge on any atom is 0.246 e. The Labute approximate surface area is 244 Å². The van der Waals surface area contributed by atoms with E-state index in [4.69, 9.17) is 0 Å². The van der Waals surface area contributed by atoms with Crippen LogP contribution in [0, 0.1) is 12.3 Å². The molecule has 1 fully saturated rings. The molecule has 0 radical (unpaired) electrons. The van der Waals surface area contributed by atoms with E-state index < -0.39 is 23.6 Å². The number of nitrogens with one attached hydrogen (secondary N) is 2. The van der Waals surface area contributed by atoms with Crippen LogP contribution < -0.4 is 10.6 Å². The number of alkyl halides is 1. The van der Waals surface area contributed by atoms with Gasteiger partial charge in [-0.15, -0.1) is 11.3 Å². The van der Waals surface area contributed by atoms with Gasteiger partial charge in [0.05, 0.1) is 28.2 Å². The Morgan fingerprint density at radius 2 is 1.85 bits per heavy atom. The number of aliphatic hydroxyl groups excluding tert-OH is 1. The number of aliphatic hydroxyl groups is 1. The molecule has 2 heterocycles. The highest BCUT2D eigenvalue weighted by molar-refractivity contribution is 9.09. The number of β-amino-alcohol motifs (C(OH)–C–C–N with tert-alkyl or cyclic N) is 1. The van der Waals surface area contributed by atoms with Crippen LogP contribution in [-0.2, 0) is 14.4 Å². The summed E-state index contributed by atoms with van der Waals surface area (Å²) < 4.78 is 0. The van der Waals surface area contributed by atoms with Crippen LogP contribution in [0.25, 0.3) is 10.4 Å². The third-order valence-electron chi connectivity index (χ3n) is 7.10. The van der Waals surface area contributed by atoms with E-state index in [0.29, 0.717) is 6.42 Å². The Balaban J connectivity index is 1.68. The molecule has 0 unspecified atom stereocenters. The molecule has 0 aliphatic carbocycles. The van der Waals surface area contributed by atoms with Crippen molar-refractivity contribution in [2.45, 2.75) is 91.0 Å². The van der Waals surface area contributed by atoms with E-state index in [1.54, 1.807) is 11.3 Å². The van der Waals surface area contributed by atoms with Crippen LogP contribution in [0.4, 0.5) is 0 Å². The van der Waals surface area contributed by atoms with Crippen molar-refractivity contribution in [3.63, 3.8) is 0 Å². The van der Waals surface area contributed by atoms with Gasteiger partial charge in [-0.1, -0.05) is 67.4 Å². The van der Waals surface area contributed by atoms with Crippen LogP contribution in [0.5, 0.6) is 0 Å². The van der Waals surface area contributed by atoms with Crippen molar-refractivity contribution in [1.29, 1.82) is 0 Å². The minimum Gasteiger partial charge on any atom is -0.391 e. The largest absolute Gasteiger partial charge is 0.391 e. The maximum atomic E-state index is 13.7. The van der Waals surface area contributed by atoms with Crippen LogP contribution in [0.1, 0.15) is 77.1 Å². The number of rotatable bonds is 11. The summed E-state index contributed by atoms with van der Waals surface area (Å²) in [6, 6.07) is 6.09. The topological polar surface area (TPSA) is 112 Å². The summed E-state index contributed by atoms with van der Waals surface area (Å²) in [7, 11) is 0. The van der Waals surface area contributed by atoms with Gasteiger partial charge in [0, 0.05) is 24.7 Å². The monoisotopic (exact) mass is 620 g/mol. The molecule has 3 amide bonds. The van der Waals surface area contributed by atoms with Gasteiger partial charge < -0.3 is 20.6 Å². The lowest BCUT2D eigenvalue weighted by atomic mass is 9.85. The van der Waals surface area contributed by atoms with Crippen LogP contribution in [0.3, 0.4) is 0 Å². The molecule has 0 spiro atoms. The summed E-state index contributed by atoms with van der Waals surface area (Å²) in [5.41, 5.74) is 4.25. The number of halogens is 1. The van der Waals surface area contributed by atoms with E-state index >= 15 is 0 Å². The van der Waals surface area contributed by atoms with Gasteiger partial charge in [0.1, 0.15) is 12.1 Å². The molecule has 1 aromatic carbocycles. The first-order valence-corrected chi connectivity index (χ1v) is 15.6. The molecule has 2 aromatic rings. The van der Waals surface area contributed by atoms with E-state index in [1.807, 2.05) is 64.4 Å². The van der Waals surface area contributed by atoms with Gasteiger partial charge in [0.2, 0.25) is 17.7 Å². The SMILES string of the molecule is Cc1ncsc1-c1ccc([C@H](C)NC(=O)[C@@H]2C[C@@H](O)CN2C(=O)[C@H](NC(=O)CCCCCBr)C(C)(C)C)cc1. The Kier molecular flexibility index (Phi) is 11.1. The summed E-state index contributed by atoms with van der Waals surface area (Å²) >= 11 is 4.99. The number of amides is 3. The van der Waals surface area contributed by atoms with Crippen molar-refractivity contribution in [2.75, 3.05) is 11.9 Å². The van der Waals surface area contributed by atoms with Crippen LogP contribution in [0.2, 0.25) is 0 Å². The fourth-order valence-electron chi connectivity index (χ4n) is 4.81. The molecule has 214 valence electrons. The predicted octanol–water partition coefficient (Wildman–Crippen LogP) is 4.74. The van der Waals surface area contributed by atoms with Crippen LogP contribution in [0.15, 0.2) is 29.8 Å². The van der Waals surface area contributed by atoms with E-state index in [9.17, 15) is 19.5 Å². The molecule has 0 saturated carbocycles. The minimum atomic E-state index is -0.810. The predicted molar refractivity (Wildman–Crippen MR) is 159 cm³/mol. The number of carbonyl (C=O) groups excluding carboxylic acids is 3. The molecule has 0 bridgehead atoms. The first-order chi connectivity index (χ1) is 18.4. The van der Waals surface area contributed by atoms with Crippen molar-refractivity contribution in [3.05, 3.63) is 41.0 Å². The molecule has 39 heavy (non-hydrogen) atoms. The molecular formula is C29H41BrN4O4S. The number of benzene rings is 1. The minimum absolute atomic E-state index is 0.0574. The zero-order valence-corrected chi connectivity index (χ0v) is 25.9. The number of carbonyl (C=O) groups is 3. The van der Waals surface area contributed by atoms with Gasteiger partial charge in [-0.05, 0) is 43.2 Å². The third kappa shape index (κ3) is 8.35. The highest BCUT2D eigenvalue weighted by Gasteiger charge is 2.44. The first-order valence-electron chi connectivity index (χ1n) is 13.6. The normalized spacial score (nSPS) is 19.0. The molecule has 1 aliphatic heterocycles. The fourth-order valence-corrected chi connectivity index (χ4v) is 6.01. The lowest BCUT2D eigenvalue weighted by molar-refractivity contribution is -0.144. The van der Waals surface area contributed by atoms with Gasteiger partial charge in [0.25, 0.3) is 0 Å². The number of hydrogen-bond acceptors (Lipinski definition) is 6. The van der Waals surface area contributed by atoms with Crippen molar-refractivity contribution >= 4 is 45.0 Å². The number of aromatic nitrogens is 1. The van der Waals surface area contributed by atoms with E-state index in [2.05, 4.69) is 31.5 Å². The zero-order valence-electron chi connectivity index (χ0n) is 23.5.